The molecular formula is C28H25F6N3O3. The van der Waals surface area contributed by atoms with Crippen molar-refractivity contribution in [1.82, 2.24) is 5.32 Å². The van der Waals surface area contributed by atoms with Crippen molar-refractivity contribution in [2.75, 3.05) is 36.5 Å². The molecule has 3 aliphatic heterocycles. The number of alkyl halides is 6. The van der Waals surface area contributed by atoms with E-state index in [1.54, 1.807) is 0 Å². The summed E-state index contributed by atoms with van der Waals surface area (Å²) in [6.07, 6.45) is -10.3. The van der Waals surface area contributed by atoms with Crippen molar-refractivity contribution < 1.29 is 40.7 Å². The number of hydrogen-bond acceptors (Lipinski definition) is 6. The molecule has 3 aromatic carbocycles. The topological polar surface area (TPSA) is 70.7 Å². The summed E-state index contributed by atoms with van der Waals surface area (Å²) >= 11 is 0. The van der Waals surface area contributed by atoms with E-state index in [0.29, 0.717) is 18.6 Å². The van der Waals surface area contributed by atoms with Crippen molar-refractivity contribution in [2.45, 2.75) is 37.3 Å². The Morgan fingerprint density at radius 1 is 0.950 bits per heavy atom. The van der Waals surface area contributed by atoms with Gasteiger partial charge in [-0.2, -0.15) is 26.3 Å². The van der Waals surface area contributed by atoms with Gasteiger partial charge in [0.1, 0.15) is 0 Å². The van der Waals surface area contributed by atoms with Crippen molar-refractivity contribution in [3.05, 3.63) is 65.7 Å². The highest BCUT2D eigenvalue weighted by atomic mass is 19.4. The predicted molar refractivity (Wildman–Crippen MR) is 137 cm³/mol. The van der Waals surface area contributed by atoms with Gasteiger partial charge in [-0.25, -0.2) is 0 Å². The van der Waals surface area contributed by atoms with Crippen molar-refractivity contribution in [2.24, 2.45) is 0 Å². The quantitative estimate of drug-likeness (QED) is 0.317. The van der Waals surface area contributed by atoms with Gasteiger partial charge in [0.25, 0.3) is 0 Å². The summed E-state index contributed by atoms with van der Waals surface area (Å²) in [7, 11) is 0. The number of ether oxygens (including phenoxy) is 1. The minimum absolute atomic E-state index is 0.579. The SMILES string of the molecule is O=C(C(=O)C(F)(F)F)C(F)(F)F.c1ccc2c(Nc3cc4c5c(c3)[C@@H]3CNCC[C@@H]3N5CCOC4)cccc2c1. The standard InChI is InChI=1S/C24H25N3O.C4F6O2/c1-2-6-19-16(4-1)5-3-7-22(19)26-18-12-17-15-28-11-10-27-23-8-9-25-14-21(23)20(13-18)24(17)27;5-3(6,7)1(11)2(12)4(8,9)10/h1-7,12-13,21,23,25-26H,8-11,14-15H2;/t21-,23-;/m0./s1. The highest BCUT2D eigenvalue weighted by Crippen LogP contribution is 2.47. The Kier molecular flexibility index (Phi) is 7.49. The summed E-state index contributed by atoms with van der Waals surface area (Å²) in [6.45, 7) is 4.72. The third-order valence-corrected chi connectivity index (χ3v) is 7.27. The van der Waals surface area contributed by atoms with E-state index >= 15 is 0 Å². The maximum atomic E-state index is 11.2. The molecule has 40 heavy (non-hydrogen) atoms. The number of nitrogens with zero attached hydrogens (tertiary/aromatic N) is 1. The van der Waals surface area contributed by atoms with E-state index in [9.17, 15) is 35.9 Å². The first-order valence-corrected chi connectivity index (χ1v) is 12.6. The average molecular weight is 566 g/mol. The fourth-order valence-electron chi connectivity index (χ4n) is 5.60. The number of fused-ring (bicyclic) bond motifs is 4. The van der Waals surface area contributed by atoms with Crippen LogP contribution in [0.1, 0.15) is 23.5 Å². The van der Waals surface area contributed by atoms with Gasteiger partial charge in [0.2, 0.25) is 0 Å². The summed E-state index contributed by atoms with van der Waals surface area (Å²) in [4.78, 5) is 21.9. The van der Waals surface area contributed by atoms with Crippen molar-refractivity contribution in [1.29, 1.82) is 0 Å². The number of Topliss-reactive ketones (excluding diaryl/α,β-unsaturated/α-hetero) is 2. The lowest BCUT2D eigenvalue weighted by Gasteiger charge is -2.33. The van der Waals surface area contributed by atoms with Gasteiger partial charge in [-0.1, -0.05) is 36.4 Å². The van der Waals surface area contributed by atoms with Crippen LogP contribution in [0.15, 0.2) is 54.6 Å². The maximum absolute atomic E-state index is 11.2. The molecule has 1 fully saturated rings. The number of halogens is 6. The second-order valence-electron chi connectivity index (χ2n) is 9.79. The number of nitrogens with one attached hydrogen (secondary N) is 2. The Morgan fingerprint density at radius 2 is 1.65 bits per heavy atom. The van der Waals surface area contributed by atoms with Gasteiger partial charge >= 0.3 is 23.9 Å². The van der Waals surface area contributed by atoms with Crippen LogP contribution < -0.4 is 15.5 Å². The highest BCUT2D eigenvalue weighted by Gasteiger charge is 2.54. The van der Waals surface area contributed by atoms with Crippen LogP contribution in [-0.4, -0.2) is 56.2 Å². The van der Waals surface area contributed by atoms with Crippen LogP contribution in [-0.2, 0) is 20.9 Å². The van der Waals surface area contributed by atoms with Crippen LogP contribution in [0, 0.1) is 0 Å². The Labute approximate surface area is 225 Å². The molecule has 0 aliphatic carbocycles. The molecule has 3 aliphatic rings. The molecule has 0 bridgehead atoms. The molecule has 3 aromatic rings. The fraction of sp³-hybridized carbons (Fsp3) is 0.357. The van der Waals surface area contributed by atoms with Crippen LogP contribution in [0.3, 0.4) is 0 Å². The zero-order valence-corrected chi connectivity index (χ0v) is 21.0. The first kappa shape index (κ1) is 27.9. The molecule has 1 saturated heterocycles. The Morgan fingerprint density at radius 3 is 2.38 bits per heavy atom. The number of piperidine rings is 1. The van der Waals surface area contributed by atoms with Crippen molar-refractivity contribution >= 4 is 39.4 Å². The van der Waals surface area contributed by atoms with E-state index in [0.717, 1.165) is 31.9 Å². The largest absolute Gasteiger partial charge is 0.458 e. The number of carbonyl (C=O) groups is 2. The van der Waals surface area contributed by atoms with Crippen molar-refractivity contribution in [3.63, 3.8) is 0 Å². The summed E-state index contributed by atoms with van der Waals surface area (Å²) in [5.41, 5.74) is 6.59. The minimum Gasteiger partial charge on any atom is -0.375 e. The molecule has 0 amide bonds. The zero-order chi connectivity index (χ0) is 28.7. The maximum Gasteiger partial charge on any atom is 0.458 e. The predicted octanol–water partition coefficient (Wildman–Crippen LogP) is 5.63. The first-order chi connectivity index (χ1) is 18.9. The van der Waals surface area contributed by atoms with Gasteiger partial charge in [-0.3, -0.25) is 9.59 Å². The fourth-order valence-corrected chi connectivity index (χ4v) is 5.60. The molecule has 0 aromatic heterocycles. The smallest absolute Gasteiger partial charge is 0.375 e. The van der Waals surface area contributed by atoms with E-state index in [2.05, 4.69) is 70.1 Å². The molecule has 0 radical (unpaired) electrons. The van der Waals surface area contributed by atoms with Crippen LogP contribution in [0.2, 0.25) is 0 Å². The third-order valence-electron chi connectivity index (χ3n) is 7.27. The summed E-state index contributed by atoms with van der Waals surface area (Å²) < 4.78 is 72.9. The summed E-state index contributed by atoms with van der Waals surface area (Å²) in [5, 5.41) is 9.84. The van der Waals surface area contributed by atoms with Crippen LogP contribution in [0.4, 0.5) is 43.4 Å². The normalized spacial score (nSPS) is 20.1. The van der Waals surface area contributed by atoms with Gasteiger partial charge in [0, 0.05) is 53.1 Å². The second-order valence-corrected chi connectivity index (χ2v) is 9.79. The number of benzene rings is 3. The van der Waals surface area contributed by atoms with Gasteiger partial charge in [0.15, 0.2) is 0 Å². The number of anilines is 3. The average Bonchev–Trinajstić information content (AvgIpc) is 3.07. The molecule has 12 heteroatoms. The molecular weight excluding hydrogens is 540 g/mol. The number of rotatable bonds is 3. The number of hydrogen-bond donors (Lipinski definition) is 2. The molecule has 3 heterocycles. The molecule has 212 valence electrons. The van der Waals surface area contributed by atoms with E-state index in [-0.39, 0.29) is 0 Å². The van der Waals surface area contributed by atoms with Crippen LogP contribution >= 0.6 is 0 Å². The van der Waals surface area contributed by atoms with Gasteiger partial charge in [-0.15, -0.1) is 0 Å². The number of ketones is 2. The lowest BCUT2D eigenvalue weighted by Crippen LogP contribution is -2.44. The third kappa shape index (κ3) is 5.50. The zero-order valence-electron chi connectivity index (χ0n) is 21.0. The van der Waals surface area contributed by atoms with Crippen LogP contribution in [0.5, 0.6) is 0 Å². The molecule has 2 N–H and O–H groups in total. The lowest BCUT2D eigenvalue weighted by atomic mass is 9.89. The Hall–Kier alpha value is -3.64. The van der Waals surface area contributed by atoms with E-state index in [1.807, 2.05) is 0 Å². The molecule has 6 nitrogen and oxygen atoms in total. The second kappa shape index (κ2) is 10.7. The van der Waals surface area contributed by atoms with Crippen LogP contribution in [0.25, 0.3) is 10.8 Å². The Balaban J connectivity index is 0.000000230. The number of carbonyl (C=O) groups excluding carboxylic acids is 2. The van der Waals surface area contributed by atoms with E-state index in [1.165, 1.54) is 39.7 Å². The van der Waals surface area contributed by atoms with E-state index < -0.39 is 23.9 Å². The van der Waals surface area contributed by atoms with Gasteiger partial charge in [-0.05, 0) is 42.1 Å². The first-order valence-electron chi connectivity index (χ1n) is 12.6. The molecule has 6 rings (SSSR count). The molecule has 0 saturated carbocycles. The van der Waals surface area contributed by atoms with Gasteiger partial charge < -0.3 is 20.3 Å². The molecule has 2 atom stereocenters. The molecule has 0 unspecified atom stereocenters. The molecule has 0 spiro atoms. The lowest BCUT2D eigenvalue weighted by molar-refractivity contribution is -0.193. The highest BCUT2D eigenvalue weighted by molar-refractivity contribution is 6.41. The monoisotopic (exact) mass is 565 g/mol. The van der Waals surface area contributed by atoms with E-state index in [4.69, 9.17) is 4.74 Å². The summed E-state index contributed by atoms with van der Waals surface area (Å²) in [6, 6.07) is 20.3. The summed E-state index contributed by atoms with van der Waals surface area (Å²) in [5.74, 6) is -6.24. The van der Waals surface area contributed by atoms with Crippen molar-refractivity contribution in [3.8, 4) is 0 Å². The Bertz CT molecular complexity index is 1410. The minimum atomic E-state index is -5.77. The van der Waals surface area contributed by atoms with Gasteiger partial charge in [0.05, 0.1) is 13.2 Å².